The highest BCUT2D eigenvalue weighted by atomic mass is 15.3. The molecule has 0 saturated heterocycles. The van der Waals surface area contributed by atoms with Crippen molar-refractivity contribution < 1.29 is 8.97 Å². The van der Waals surface area contributed by atoms with Crippen LogP contribution in [-0.2, 0) is 0 Å². The number of rotatable bonds is 2. The summed E-state index contributed by atoms with van der Waals surface area (Å²) in [4.78, 5) is 0. The van der Waals surface area contributed by atoms with Gasteiger partial charge in [-0.15, -0.1) is 0 Å². The maximum Gasteiger partial charge on any atom is 0.0946 e. The van der Waals surface area contributed by atoms with E-state index in [1.165, 1.54) is 34.6 Å². The van der Waals surface area contributed by atoms with Gasteiger partial charge >= 0.3 is 0 Å². The zero-order valence-corrected chi connectivity index (χ0v) is 14.3. The number of quaternary nitrogens is 2. The lowest BCUT2D eigenvalue weighted by Crippen LogP contribution is -2.52. The Morgan fingerprint density at radius 1 is 0.500 bits per heavy atom. The Hall–Kier alpha value is -0.0800. The molecular weight excluding hydrogens is 244 g/mol. The van der Waals surface area contributed by atoms with Gasteiger partial charge in [0.1, 0.15) is 0 Å². The molecule has 0 amide bonds. The van der Waals surface area contributed by atoms with Crippen molar-refractivity contribution >= 4 is 0 Å². The van der Waals surface area contributed by atoms with Crippen LogP contribution in [0, 0.1) is 35.5 Å². The number of hydrogen-bond acceptors (Lipinski definition) is 0. The molecule has 2 nitrogen and oxygen atoms in total. The van der Waals surface area contributed by atoms with Gasteiger partial charge in [-0.25, -0.2) is 0 Å². The standard InChI is InChI=1S/C18H34N2/c1-19(2,3)17-11-7-9-13-15(11)16-12(17)8-10-14(16)18(13)20(4,5)6/h11-18H,7-10H2,1-6H3/q+2/t11-,12-,13-,14-,15?,16?,17?,18?/m1/s1. The molecule has 0 unspecified atom stereocenters. The minimum absolute atomic E-state index is 0.966. The Kier molecular flexibility index (Phi) is 2.59. The monoisotopic (exact) mass is 278 g/mol. The Labute approximate surface area is 125 Å². The van der Waals surface area contributed by atoms with Gasteiger partial charge in [-0.1, -0.05) is 0 Å². The van der Waals surface area contributed by atoms with Crippen LogP contribution in [0.3, 0.4) is 0 Å². The lowest BCUT2D eigenvalue weighted by atomic mass is 9.90. The van der Waals surface area contributed by atoms with Gasteiger partial charge in [0.05, 0.1) is 54.4 Å². The van der Waals surface area contributed by atoms with Crippen molar-refractivity contribution in [1.29, 1.82) is 0 Å². The van der Waals surface area contributed by atoms with E-state index < -0.39 is 0 Å². The summed E-state index contributed by atoms with van der Waals surface area (Å²) in [6.45, 7) is 0. The molecular formula is C18H34N2+2. The molecule has 4 aliphatic rings. The summed E-state index contributed by atoms with van der Waals surface area (Å²) in [5.74, 6) is 6.39. The number of nitrogens with zero attached hydrogens (tertiary/aromatic N) is 2. The fourth-order valence-electron chi connectivity index (χ4n) is 7.84. The predicted octanol–water partition coefficient (Wildman–Crippen LogP) is 2.45. The number of hydrogen-bond donors (Lipinski definition) is 0. The summed E-state index contributed by atoms with van der Waals surface area (Å²) in [5.41, 5.74) is 0. The highest BCUT2D eigenvalue weighted by molar-refractivity contribution is 5.16. The molecule has 0 aromatic carbocycles. The van der Waals surface area contributed by atoms with E-state index in [1.807, 2.05) is 0 Å². The fraction of sp³-hybridized carbons (Fsp3) is 1.00. The predicted molar refractivity (Wildman–Crippen MR) is 83.0 cm³/mol. The summed E-state index contributed by atoms with van der Waals surface area (Å²) < 4.78 is 2.44. The van der Waals surface area contributed by atoms with Crippen LogP contribution in [0.4, 0.5) is 0 Å². The molecule has 0 bridgehead atoms. The Bertz CT molecular complexity index is 352. The van der Waals surface area contributed by atoms with E-state index in [9.17, 15) is 0 Å². The summed E-state index contributed by atoms with van der Waals surface area (Å²) in [6, 6.07) is 1.93. The van der Waals surface area contributed by atoms with Crippen molar-refractivity contribution in [2.75, 3.05) is 42.3 Å². The quantitative estimate of drug-likeness (QED) is 0.681. The van der Waals surface area contributed by atoms with Crippen molar-refractivity contribution in [3.63, 3.8) is 0 Å². The molecule has 2 heteroatoms. The Balaban J connectivity index is 1.74. The molecule has 4 atom stereocenters. The van der Waals surface area contributed by atoms with Gasteiger partial charge in [0.2, 0.25) is 0 Å². The van der Waals surface area contributed by atoms with Gasteiger partial charge in [-0.05, 0) is 37.5 Å². The van der Waals surface area contributed by atoms with Crippen LogP contribution in [-0.4, -0.2) is 63.3 Å². The third kappa shape index (κ3) is 1.53. The average molecular weight is 278 g/mol. The SMILES string of the molecule is C[N+](C)(C)C1[C@@H]2CC[C@@H]3C2C2[C@H]1CC[C@H]2C3[N+](C)(C)C. The van der Waals surface area contributed by atoms with E-state index in [-0.39, 0.29) is 0 Å². The minimum Gasteiger partial charge on any atom is -0.328 e. The van der Waals surface area contributed by atoms with Gasteiger partial charge < -0.3 is 8.97 Å². The molecule has 0 N–H and O–H groups in total. The molecule has 20 heavy (non-hydrogen) atoms. The smallest absolute Gasteiger partial charge is 0.0946 e. The summed E-state index contributed by atoms with van der Waals surface area (Å²) in [6.07, 6.45) is 6.13. The summed E-state index contributed by atoms with van der Waals surface area (Å²) >= 11 is 0. The molecule has 4 rings (SSSR count). The summed E-state index contributed by atoms with van der Waals surface area (Å²) in [7, 11) is 14.8. The van der Waals surface area contributed by atoms with Gasteiger partial charge in [-0.3, -0.25) is 0 Å². The van der Waals surface area contributed by atoms with Crippen molar-refractivity contribution in [3.05, 3.63) is 0 Å². The molecule has 0 heterocycles. The first-order valence-corrected chi connectivity index (χ1v) is 8.83. The van der Waals surface area contributed by atoms with Crippen LogP contribution in [0.2, 0.25) is 0 Å². The van der Waals surface area contributed by atoms with E-state index in [2.05, 4.69) is 42.3 Å². The Morgan fingerprint density at radius 2 is 0.750 bits per heavy atom. The maximum absolute atomic E-state index is 2.46. The van der Waals surface area contributed by atoms with Crippen molar-refractivity contribution in [1.82, 2.24) is 0 Å². The van der Waals surface area contributed by atoms with Crippen molar-refractivity contribution in [2.24, 2.45) is 35.5 Å². The second kappa shape index (κ2) is 3.81. The molecule has 0 aromatic rings. The molecule has 0 aromatic heterocycles. The van der Waals surface area contributed by atoms with Crippen LogP contribution in [0.5, 0.6) is 0 Å². The molecule has 0 spiro atoms. The third-order valence-electron chi connectivity index (χ3n) is 7.63. The largest absolute Gasteiger partial charge is 0.328 e. The van der Waals surface area contributed by atoms with Crippen molar-refractivity contribution in [3.8, 4) is 0 Å². The van der Waals surface area contributed by atoms with Gasteiger partial charge in [0, 0.05) is 23.7 Å². The maximum atomic E-state index is 2.46. The van der Waals surface area contributed by atoms with Crippen LogP contribution in [0.25, 0.3) is 0 Å². The van der Waals surface area contributed by atoms with E-state index in [4.69, 9.17) is 0 Å². The zero-order valence-electron chi connectivity index (χ0n) is 14.3. The van der Waals surface area contributed by atoms with E-state index >= 15 is 0 Å². The van der Waals surface area contributed by atoms with E-state index in [0.29, 0.717) is 0 Å². The first kappa shape index (κ1) is 13.6. The molecule has 0 aliphatic heterocycles. The van der Waals surface area contributed by atoms with Crippen LogP contribution >= 0.6 is 0 Å². The second-order valence-corrected chi connectivity index (χ2v) is 10.2. The highest BCUT2D eigenvalue weighted by Gasteiger charge is 2.72. The first-order chi connectivity index (χ1) is 9.21. The van der Waals surface area contributed by atoms with Gasteiger partial charge in [-0.2, -0.15) is 0 Å². The molecule has 4 aliphatic carbocycles. The second-order valence-electron chi connectivity index (χ2n) is 10.2. The fourth-order valence-corrected chi connectivity index (χ4v) is 7.84. The van der Waals surface area contributed by atoms with Crippen LogP contribution in [0.15, 0.2) is 0 Å². The van der Waals surface area contributed by atoms with Crippen LogP contribution in [0.1, 0.15) is 25.7 Å². The van der Waals surface area contributed by atoms with Crippen molar-refractivity contribution in [2.45, 2.75) is 37.8 Å². The van der Waals surface area contributed by atoms with E-state index in [0.717, 1.165) is 47.6 Å². The molecule has 4 saturated carbocycles. The Morgan fingerprint density at radius 3 is 0.950 bits per heavy atom. The topological polar surface area (TPSA) is 0 Å². The third-order valence-corrected chi connectivity index (χ3v) is 7.63. The lowest BCUT2D eigenvalue weighted by Gasteiger charge is -2.39. The summed E-state index contributed by atoms with van der Waals surface area (Å²) in [5, 5.41) is 0. The molecule has 0 radical (unpaired) electrons. The first-order valence-electron chi connectivity index (χ1n) is 8.83. The molecule has 114 valence electrons. The zero-order chi connectivity index (χ0) is 14.4. The van der Waals surface area contributed by atoms with Gasteiger partial charge in [0.25, 0.3) is 0 Å². The molecule has 4 fully saturated rings. The van der Waals surface area contributed by atoms with Crippen LogP contribution < -0.4 is 0 Å². The normalized spacial score (nSPS) is 53.7. The van der Waals surface area contributed by atoms with E-state index in [1.54, 1.807) is 0 Å². The average Bonchev–Trinajstić information content (AvgIpc) is 2.92. The highest BCUT2D eigenvalue weighted by Crippen LogP contribution is 2.69. The minimum atomic E-state index is 0.966. The lowest BCUT2D eigenvalue weighted by molar-refractivity contribution is -0.905. The van der Waals surface area contributed by atoms with Gasteiger partial charge in [0.15, 0.2) is 0 Å².